The minimum Gasteiger partial charge on any atom is -0.370 e. The molecule has 0 aromatic carbocycles. The third-order valence-corrected chi connectivity index (χ3v) is 4.82. The molecule has 2 aliphatic rings. The van der Waals surface area contributed by atoms with Crippen LogP contribution >= 0.6 is 11.6 Å². The van der Waals surface area contributed by atoms with E-state index in [0.29, 0.717) is 24.9 Å². The Morgan fingerprint density at radius 2 is 2.06 bits per heavy atom. The molecule has 0 aromatic heterocycles. The van der Waals surface area contributed by atoms with Crippen LogP contribution in [0, 0.1) is 5.41 Å². The third-order valence-electron chi connectivity index (χ3n) is 4.48. The monoisotopic (exact) mass is 273 g/mol. The molecule has 0 N–H and O–H groups in total. The van der Waals surface area contributed by atoms with Crippen LogP contribution in [0.2, 0.25) is 0 Å². The maximum atomic E-state index is 12.8. The lowest BCUT2D eigenvalue weighted by Crippen LogP contribution is -2.53. The number of nitrogens with zero attached hydrogens (tertiary/aromatic N) is 1. The van der Waals surface area contributed by atoms with E-state index in [2.05, 4.69) is 6.92 Å². The predicted molar refractivity (Wildman–Crippen MR) is 72.8 cm³/mol. The van der Waals surface area contributed by atoms with Crippen molar-refractivity contribution < 1.29 is 9.53 Å². The van der Waals surface area contributed by atoms with Gasteiger partial charge in [0.25, 0.3) is 0 Å². The largest absolute Gasteiger partial charge is 0.370 e. The van der Waals surface area contributed by atoms with Gasteiger partial charge in [-0.15, -0.1) is 11.6 Å². The third kappa shape index (κ3) is 2.67. The first-order valence-electron chi connectivity index (χ1n) is 7.12. The second kappa shape index (κ2) is 5.79. The van der Waals surface area contributed by atoms with Gasteiger partial charge in [0.05, 0.1) is 18.1 Å². The van der Waals surface area contributed by atoms with E-state index < -0.39 is 0 Å². The van der Waals surface area contributed by atoms with Crippen molar-refractivity contribution >= 4 is 17.5 Å². The van der Waals surface area contributed by atoms with Crippen LogP contribution in [0.15, 0.2) is 0 Å². The first kappa shape index (κ1) is 14.1. The van der Waals surface area contributed by atoms with Crippen LogP contribution in [0.4, 0.5) is 0 Å². The van der Waals surface area contributed by atoms with Crippen molar-refractivity contribution in [2.24, 2.45) is 5.41 Å². The summed E-state index contributed by atoms with van der Waals surface area (Å²) >= 11 is 5.88. The highest BCUT2D eigenvalue weighted by molar-refractivity contribution is 6.18. The summed E-state index contributed by atoms with van der Waals surface area (Å²) in [6, 6.07) is 0. The lowest BCUT2D eigenvalue weighted by Gasteiger charge is -2.40. The molecule has 2 fully saturated rings. The molecule has 2 unspecified atom stereocenters. The number of carbonyl (C=O) groups excluding carboxylic acids is 1. The van der Waals surface area contributed by atoms with Crippen molar-refractivity contribution in [3.63, 3.8) is 0 Å². The van der Waals surface area contributed by atoms with Crippen LogP contribution in [0.1, 0.15) is 46.0 Å². The molecular weight excluding hydrogens is 250 g/mol. The summed E-state index contributed by atoms with van der Waals surface area (Å²) in [5.41, 5.74) is -0.0894. The summed E-state index contributed by atoms with van der Waals surface area (Å²) in [5.74, 6) is 0.806. The molecule has 1 heterocycles. The highest BCUT2D eigenvalue weighted by atomic mass is 35.5. The van der Waals surface area contributed by atoms with Gasteiger partial charge in [0.15, 0.2) is 0 Å². The van der Waals surface area contributed by atoms with Gasteiger partial charge in [-0.1, -0.05) is 19.8 Å². The number of morpholine rings is 1. The van der Waals surface area contributed by atoms with Gasteiger partial charge in [0.1, 0.15) is 0 Å². The fourth-order valence-corrected chi connectivity index (χ4v) is 3.57. The van der Waals surface area contributed by atoms with E-state index in [9.17, 15) is 4.79 Å². The second-order valence-electron chi connectivity index (χ2n) is 5.77. The Labute approximate surface area is 115 Å². The number of ether oxygens (including phenoxy) is 1. The van der Waals surface area contributed by atoms with Crippen LogP contribution in [0.3, 0.4) is 0 Å². The fourth-order valence-electron chi connectivity index (χ4n) is 3.40. The molecule has 2 rings (SSSR count). The van der Waals surface area contributed by atoms with Crippen molar-refractivity contribution in [3.05, 3.63) is 0 Å². The van der Waals surface area contributed by atoms with Gasteiger partial charge in [-0.3, -0.25) is 4.79 Å². The van der Waals surface area contributed by atoms with Crippen molar-refractivity contribution in [1.29, 1.82) is 0 Å². The van der Waals surface area contributed by atoms with Gasteiger partial charge in [-0.25, -0.2) is 0 Å². The van der Waals surface area contributed by atoms with Gasteiger partial charge in [0.2, 0.25) is 5.91 Å². The van der Waals surface area contributed by atoms with Gasteiger partial charge in [0, 0.05) is 18.5 Å². The van der Waals surface area contributed by atoms with E-state index in [1.165, 1.54) is 12.8 Å². The van der Waals surface area contributed by atoms with E-state index in [4.69, 9.17) is 16.3 Å². The summed E-state index contributed by atoms with van der Waals surface area (Å²) in [7, 11) is 0. The van der Waals surface area contributed by atoms with Crippen LogP contribution in [-0.2, 0) is 9.53 Å². The molecule has 104 valence electrons. The van der Waals surface area contributed by atoms with E-state index in [-0.39, 0.29) is 17.6 Å². The summed E-state index contributed by atoms with van der Waals surface area (Å²) in [4.78, 5) is 14.8. The summed E-state index contributed by atoms with van der Waals surface area (Å²) in [5, 5.41) is 0. The normalized spacial score (nSPS) is 31.6. The molecule has 0 radical (unpaired) electrons. The Morgan fingerprint density at radius 1 is 1.39 bits per heavy atom. The summed E-state index contributed by atoms with van der Waals surface area (Å²) in [6.07, 6.45) is 5.55. The van der Waals surface area contributed by atoms with Gasteiger partial charge in [-0.2, -0.15) is 0 Å². The maximum absolute atomic E-state index is 12.8. The minimum atomic E-state index is -0.0894. The number of halogens is 1. The molecule has 0 aromatic rings. The Kier molecular flexibility index (Phi) is 4.54. The smallest absolute Gasteiger partial charge is 0.228 e. The number of hydrogen-bond donors (Lipinski definition) is 0. The number of carbonyl (C=O) groups is 1. The molecule has 1 saturated carbocycles. The Morgan fingerprint density at radius 3 is 2.61 bits per heavy atom. The van der Waals surface area contributed by atoms with Crippen LogP contribution < -0.4 is 0 Å². The predicted octanol–water partition coefficient (Wildman–Crippen LogP) is 2.81. The lowest BCUT2D eigenvalue weighted by atomic mass is 9.81. The highest BCUT2D eigenvalue weighted by Gasteiger charge is 2.43. The molecule has 0 bridgehead atoms. The van der Waals surface area contributed by atoms with Crippen molar-refractivity contribution in [1.82, 2.24) is 4.90 Å². The van der Waals surface area contributed by atoms with E-state index in [1.54, 1.807) is 0 Å². The minimum absolute atomic E-state index is 0.00493. The second-order valence-corrected chi connectivity index (χ2v) is 6.08. The molecule has 18 heavy (non-hydrogen) atoms. The molecule has 4 heteroatoms. The number of rotatable bonds is 3. The molecule has 2 atom stereocenters. The zero-order valence-corrected chi connectivity index (χ0v) is 12.2. The van der Waals surface area contributed by atoms with E-state index in [1.807, 2.05) is 11.8 Å². The van der Waals surface area contributed by atoms with E-state index >= 15 is 0 Å². The number of hydrogen-bond acceptors (Lipinski definition) is 2. The molecule has 0 spiro atoms. The summed E-state index contributed by atoms with van der Waals surface area (Å²) < 4.78 is 5.72. The first-order chi connectivity index (χ1) is 8.61. The van der Waals surface area contributed by atoms with Crippen molar-refractivity contribution in [2.75, 3.05) is 19.0 Å². The maximum Gasteiger partial charge on any atom is 0.228 e. The van der Waals surface area contributed by atoms with Crippen molar-refractivity contribution in [3.8, 4) is 0 Å². The zero-order chi connectivity index (χ0) is 13.2. The molecule has 1 saturated heterocycles. The topological polar surface area (TPSA) is 29.5 Å². The summed E-state index contributed by atoms with van der Waals surface area (Å²) in [6.45, 7) is 5.54. The Balaban J connectivity index is 2.07. The van der Waals surface area contributed by atoms with Gasteiger partial charge >= 0.3 is 0 Å². The van der Waals surface area contributed by atoms with Crippen LogP contribution in [-0.4, -0.2) is 42.0 Å². The standard InChI is InChI=1S/C14H24ClNO2/c1-3-14(6-4-5-7-14)13(17)16-9-11(2)18-12(8-15)10-16/h11-12H,3-10H2,1-2H3. The SMILES string of the molecule is CCC1(C(=O)N2CC(C)OC(CCl)C2)CCCC1. The Hall–Kier alpha value is -0.280. The number of alkyl halides is 1. The van der Waals surface area contributed by atoms with E-state index in [0.717, 1.165) is 19.3 Å². The lowest BCUT2D eigenvalue weighted by molar-refractivity contribution is -0.153. The Bertz CT molecular complexity index is 302. The molecule has 1 aliphatic carbocycles. The molecule has 1 aliphatic heterocycles. The van der Waals surface area contributed by atoms with Gasteiger partial charge in [-0.05, 0) is 26.2 Å². The average Bonchev–Trinajstić information content (AvgIpc) is 2.87. The zero-order valence-electron chi connectivity index (χ0n) is 11.5. The fraction of sp³-hybridized carbons (Fsp3) is 0.929. The number of amides is 1. The quantitative estimate of drug-likeness (QED) is 0.740. The highest BCUT2D eigenvalue weighted by Crippen LogP contribution is 2.42. The van der Waals surface area contributed by atoms with Crippen LogP contribution in [0.25, 0.3) is 0 Å². The molecule has 3 nitrogen and oxygen atoms in total. The van der Waals surface area contributed by atoms with Gasteiger partial charge < -0.3 is 9.64 Å². The average molecular weight is 274 g/mol. The first-order valence-corrected chi connectivity index (χ1v) is 7.65. The molecule has 1 amide bonds. The van der Waals surface area contributed by atoms with Crippen LogP contribution in [0.5, 0.6) is 0 Å². The molecular formula is C14H24ClNO2. The van der Waals surface area contributed by atoms with Crippen molar-refractivity contribution in [2.45, 2.75) is 58.2 Å².